The van der Waals surface area contributed by atoms with Crippen LogP contribution in [-0.2, 0) is 19.6 Å². The lowest BCUT2D eigenvalue weighted by molar-refractivity contribution is -0.375. The molecule has 0 aromatic heterocycles. The molecule has 42 valence electrons. The van der Waals surface area contributed by atoms with Gasteiger partial charge in [0.05, 0.1) is 0 Å². The van der Waals surface area contributed by atoms with E-state index in [-0.39, 0.29) is 6.79 Å². The number of rotatable bonds is 0. The maximum absolute atomic E-state index is 4.44. The summed E-state index contributed by atoms with van der Waals surface area (Å²) in [5.74, 6) is 0. The van der Waals surface area contributed by atoms with Gasteiger partial charge in [0.25, 0.3) is 0 Å². The second-order valence-electron chi connectivity index (χ2n) is 0.998. The van der Waals surface area contributed by atoms with Crippen molar-refractivity contribution in [1.29, 1.82) is 0 Å². The van der Waals surface area contributed by atoms with Crippen molar-refractivity contribution in [2.75, 3.05) is 20.0 Å². The van der Waals surface area contributed by atoms with Crippen LogP contribution in [-0.4, -0.2) is 20.0 Å². The molecule has 0 aromatic rings. The minimum Gasteiger partial charge on any atom is -0.232 e. The highest BCUT2D eigenvalue weighted by Crippen LogP contribution is 1.88. The summed E-state index contributed by atoms with van der Waals surface area (Å²) in [7, 11) is 0. The first-order valence-corrected chi connectivity index (χ1v) is 1.99. The summed E-state index contributed by atoms with van der Waals surface area (Å²) in [4.78, 5) is 17.6. The molecule has 4 heteroatoms. The minimum absolute atomic E-state index is 0.0556. The Labute approximate surface area is 40.8 Å². The molecule has 1 aliphatic rings. The predicted molar refractivity (Wildman–Crippen MR) is 18.9 cm³/mol. The molecule has 1 heterocycles. The van der Waals surface area contributed by atoms with Crippen molar-refractivity contribution < 1.29 is 19.6 Å². The summed E-state index contributed by atoms with van der Waals surface area (Å²) in [5.41, 5.74) is 0. The van der Waals surface area contributed by atoms with Crippen LogP contribution in [0.25, 0.3) is 0 Å². The molecule has 0 unspecified atom stereocenters. The molecule has 0 N–H and O–H groups in total. The molecule has 0 saturated carbocycles. The SMILES string of the molecule is C1COOCOO1. The Morgan fingerprint density at radius 3 is 1.86 bits per heavy atom. The van der Waals surface area contributed by atoms with Gasteiger partial charge in [-0.25, -0.2) is 19.6 Å². The Morgan fingerprint density at radius 1 is 0.714 bits per heavy atom. The molecule has 4 nitrogen and oxygen atoms in total. The number of hydrogen-bond donors (Lipinski definition) is 0. The molecule has 0 aliphatic carbocycles. The molecule has 1 fully saturated rings. The maximum Gasteiger partial charge on any atom is 0.214 e. The highest BCUT2D eigenvalue weighted by Gasteiger charge is 1.96. The van der Waals surface area contributed by atoms with Crippen LogP contribution in [0.1, 0.15) is 0 Å². The highest BCUT2D eigenvalue weighted by molar-refractivity contribution is 4.16. The normalized spacial score (nSPS) is 24.0. The lowest BCUT2D eigenvalue weighted by Crippen LogP contribution is -1.95. The van der Waals surface area contributed by atoms with Crippen LogP contribution in [0.5, 0.6) is 0 Å². The second kappa shape index (κ2) is 2.92. The van der Waals surface area contributed by atoms with E-state index in [9.17, 15) is 0 Å². The standard InChI is InChI=1S/C3H6O4/c1-2-5-7-3-6-4-1/h1-3H2. The fourth-order valence-corrected chi connectivity index (χ4v) is 0.274. The zero-order chi connectivity index (χ0) is 4.95. The molecule has 0 aromatic carbocycles. The first-order chi connectivity index (χ1) is 3.50. The van der Waals surface area contributed by atoms with Gasteiger partial charge in [-0.05, 0) is 0 Å². The van der Waals surface area contributed by atoms with Crippen molar-refractivity contribution in [1.82, 2.24) is 0 Å². The van der Waals surface area contributed by atoms with Gasteiger partial charge in [-0.3, -0.25) is 0 Å². The highest BCUT2D eigenvalue weighted by atomic mass is 17.3. The van der Waals surface area contributed by atoms with Gasteiger partial charge in [-0.15, -0.1) is 0 Å². The summed E-state index contributed by atoms with van der Waals surface area (Å²) < 4.78 is 0. The molecule has 1 aliphatic heterocycles. The van der Waals surface area contributed by atoms with E-state index in [1.807, 2.05) is 0 Å². The Bertz CT molecular complexity index is 26.5. The third-order valence-electron chi connectivity index (χ3n) is 0.513. The van der Waals surface area contributed by atoms with Gasteiger partial charge in [0.1, 0.15) is 13.2 Å². The van der Waals surface area contributed by atoms with Gasteiger partial charge in [0.15, 0.2) is 0 Å². The summed E-state index contributed by atoms with van der Waals surface area (Å²) in [6.07, 6.45) is 0. The van der Waals surface area contributed by atoms with Crippen LogP contribution in [0.4, 0.5) is 0 Å². The van der Waals surface area contributed by atoms with Crippen LogP contribution in [0.3, 0.4) is 0 Å². The molecule has 0 atom stereocenters. The molecule has 0 spiro atoms. The zero-order valence-corrected chi connectivity index (χ0v) is 3.75. The van der Waals surface area contributed by atoms with E-state index in [4.69, 9.17) is 0 Å². The van der Waals surface area contributed by atoms with Crippen molar-refractivity contribution in [2.45, 2.75) is 0 Å². The molecule has 7 heavy (non-hydrogen) atoms. The van der Waals surface area contributed by atoms with Crippen LogP contribution in [0, 0.1) is 0 Å². The summed E-state index contributed by atoms with van der Waals surface area (Å²) in [5, 5.41) is 0. The van der Waals surface area contributed by atoms with Crippen LogP contribution in [0.2, 0.25) is 0 Å². The Hall–Kier alpha value is -0.160. The van der Waals surface area contributed by atoms with Crippen molar-refractivity contribution >= 4 is 0 Å². The molecule has 0 radical (unpaired) electrons. The maximum atomic E-state index is 4.44. The monoisotopic (exact) mass is 106 g/mol. The van der Waals surface area contributed by atoms with Crippen LogP contribution < -0.4 is 0 Å². The Morgan fingerprint density at radius 2 is 1.29 bits per heavy atom. The Kier molecular flexibility index (Phi) is 2.08. The summed E-state index contributed by atoms with van der Waals surface area (Å²) >= 11 is 0. The van der Waals surface area contributed by atoms with Gasteiger partial charge in [0, 0.05) is 0 Å². The van der Waals surface area contributed by atoms with Crippen molar-refractivity contribution in [3.63, 3.8) is 0 Å². The molecule has 0 bridgehead atoms. The average molecular weight is 106 g/mol. The topological polar surface area (TPSA) is 36.9 Å². The third-order valence-corrected chi connectivity index (χ3v) is 0.513. The second-order valence-corrected chi connectivity index (χ2v) is 0.998. The van der Waals surface area contributed by atoms with E-state index in [1.54, 1.807) is 0 Å². The summed E-state index contributed by atoms with van der Waals surface area (Å²) in [6, 6.07) is 0. The van der Waals surface area contributed by atoms with Crippen molar-refractivity contribution in [3.8, 4) is 0 Å². The molecule has 1 rings (SSSR count). The average Bonchev–Trinajstić information content (AvgIpc) is 1.90. The van der Waals surface area contributed by atoms with Gasteiger partial charge in [-0.2, -0.15) is 0 Å². The van der Waals surface area contributed by atoms with Gasteiger partial charge in [-0.1, -0.05) is 0 Å². The van der Waals surface area contributed by atoms with E-state index >= 15 is 0 Å². The first kappa shape index (κ1) is 4.99. The fourth-order valence-electron chi connectivity index (χ4n) is 0.274. The largest absolute Gasteiger partial charge is 0.232 e. The van der Waals surface area contributed by atoms with Gasteiger partial charge >= 0.3 is 0 Å². The van der Waals surface area contributed by atoms with Crippen LogP contribution >= 0.6 is 0 Å². The van der Waals surface area contributed by atoms with E-state index in [1.165, 1.54) is 0 Å². The van der Waals surface area contributed by atoms with Gasteiger partial charge in [0.2, 0.25) is 6.79 Å². The van der Waals surface area contributed by atoms with Crippen molar-refractivity contribution in [3.05, 3.63) is 0 Å². The van der Waals surface area contributed by atoms with E-state index in [0.29, 0.717) is 13.2 Å². The summed E-state index contributed by atoms with van der Waals surface area (Å²) in [6.45, 7) is 0.917. The smallest absolute Gasteiger partial charge is 0.214 e. The predicted octanol–water partition coefficient (Wildman–Crippen LogP) is -0.146. The van der Waals surface area contributed by atoms with Crippen LogP contribution in [0.15, 0.2) is 0 Å². The molecule has 1 saturated heterocycles. The fraction of sp³-hybridized carbons (Fsp3) is 1.00. The lowest BCUT2D eigenvalue weighted by atomic mass is 10.8. The molecule has 0 amide bonds. The lowest BCUT2D eigenvalue weighted by Gasteiger charge is -1.90. The molecular weight excluding hydrogens is 100 g/mol. The Balaban J connectivity index is 2.04. The van der Waals surface area contributed by atoms with E-state index < -0.39 is 0 Å². The molecular formula is C3H6O4. The third kappa shape index (κ3) is 1.84. The van der Waals surface area contributed by atoms with Gasteiger partial charge < -0.3 is 0 Å². The van der Waals surface area contributed by atoms with E-state index in [2.05, 4.69) is 19.6 Å². The van der Waals surface area contributed by atoms with Crippen molar-refractivity contribution in [2.24, 2.45) is 0 Å². The quantitative estimate of drug-likeness (QED) is 0.402. The minimum atomic E-state index is 0.0556. The first-order valence-electron chi connectivity index (χ1n) is 1.99. The zero-order valence-electron chi connectivity index (χ0n) is 3.75. The number of hydrogen-bond acceptors (Lipinski definition) is 4. The van der Waals surface area contributed by atoms with E-state index in [0.717, 1.165) is 0 Å².